The van der Waals surface area contributed by atoms with Gasteiger partial charge in [0.25, 0.3) is 11.6 Å². The molecule has 1 heterocycles. The average molecular weight is 399 g/mol. The fraction of sp³-hybridized carbons (Fsp3) is 0.300. The highest BCUT2D eigenvalue weighted by Crippen LogP contribution is 2.23. The van der Waals surface area contributed by atoms with Crippen molar-refractivity contribution in [2.24, 2.45) is 4.99 Å². The molecule has 2 aromatic carbocycles. The first-order valence-corrected chi connectivity index (χ1v) is 9.74. The molecule has 0 radical (unpaired) electrons. The molecule has 8 heteroatoms. The second-order valence-corrected chi connectivity index (χ2v) is 7.34. The second-order valence-electron chi connectivity index (χ2n) is 6.33. The summed E-state index contributed by atoms with van der Waals surface area (Å²) in [7, 11) is 0. The van der Waals surface area contributed by atoms with Crippen molar-refractivity contribution < 1.29 is 14.5 Å². The van der Waals surface area contributed by atoms with Crippen molar-refractivity contribution in [3.05, 3.63) is 68.0 Å². The van der Waals surface area contributed by atoms with Crippen molar-refractivity contribution in [1.82, 2.24) is 4.57 Å². The van der Waals surface area contributed by atoms with Crippen LogP contribution in [0.1, 0.15) is 28.4 Å². The lowest BCUT2D eigenvalue weighted by Crippen LogP contribution is -2.20. The molecule has 1 aromatic heterocycles. The molecule has 0 spiro atoms. The van der Waals surface area contributed by atoms with Gasteiger partial charge in [0.2, 0.25) is 0 Å². The van der Waals surface area contributed by atoms with Gasteiger partial charge in [0, 0.05) is 19.2 Å². The Hall–Kier alpha value is -2.84. The summed E-state index contributed by atoms with van der Waals surface area (Å²) in [5.41, 5.74) is 3.01. The van der Waals surface area contributed by atoms with E-state index in [2.05, 4.69) is 17.1 Å². The Labute approximate surface area is 166 Å². The van der Waals surface area contributed by atoms with E-state index in [0.29, 0.717) is 24.6 Å². The van der Waals surface area contributed by atoms with Crippen LogP contribution >= 0.6 is 11.3 Å². The van der Waals surface area contributed by atoms with E-state index in [4.69, 9.17) is 4.74 Å². The van der Waals surface area contributed by atoms with E-state index < -0.39 is 10.8 Å². The lowest BCUT2D eigenvalue weighted by Gasteiger charge is -2.07. The summed E-state index contributed by atoms with van der Waals surface area (Å²) in [6, 6.07) is 10.0. The summed E-state index contributed by atoms with van der Waals surface area (Å²) in [5.74, 6) is -0.627. The number of benzene rings is 2. The van der Waals surface area contributed by atoms with E-state index >= 15 is 0 Å². The van der Waals surface area contributed by atoms with Crippen LogP contribution in [0.15, 0.2) is 41.4 Å². The molecule has 3 aromatic rings. The number of rotatable bonds is 6. The number of fused-ring (bicyclic) bond motifs is 1. The van der Waals surface area contributed by atoms with Crippen LogP contribution in [0.5, 0.6) is 0 Å². The van der Waals surface area contributed by atoms with Crippen LogP contribution in [0.2, 0.25) is 0 Å². The fourth-order valence-corrected chi connectivity index (χ4v) is 4.02. The highest BCUT2D eigenvalue weighted by molar-refractivity contribution is 7.16. The van der Waals surface area contributed by atoms with Gasteiger partial charge < -0.3 is 9.30 Å². The van der Waals surface area contributed by atoms with Gasteiger partial charge in [-0.1, -0.05) is 23.5 Å². The third kappa shape index (κ3) is 4.02. The molecular formula is C20H21N3O4S. The van der Waals surface area contributed by atoms with E-state index in [0.717, 1.165) is 21.3 Å². The molecule has 7 nitrogen and oxygen atoms in total. The SMILES string of the molecule is CCOCCn1c(=NC(=O)c2ccccc2[N+](=O)[O-])sc2cc(C)c(C)cc21. The molecule has 0 bridgehead atoms. The number of nitrogens with zero attached hydrogens (tertiary/aromatic N) is 3. The largest absolute Gasteiger partial charge is 0.380 e. The van der Waals surface area contributed by atoms with Crippen LogP contribution in [0.25, 0.3) is 10.2 Å². The molecule has 3 rings (SSSR count). The number of thiazole rings is 1. The highest BCUT2D eigenvalue weighted by Gasteiger charge is 2.19. The van der Waals surface area contributed by atoms with Gasteiger partial charge in [0.05, 0.1) is 21.7 Å². The molecule has 0 saturated heterocycles. The minimum absolute atomic E-state index is 0.0197. The molecule has 0 aliphatic carbocycles. The molecule has 0 N–H and O–H groups in total. The number of hydrogen-bond donors (Lipinski definition) is 0. The van der Waals surface area contributed by atoms with Gasteiger partial charge >= 0.3 is 0 Å². The maximum Gasteiger partial charge on any atom is 0.286 e. The van der Waals surface area contributed by atoms with Crippen LogP contribution in [-0.4, -0.2) is 28.6 Å². The van der Waals surface area contributed by atoms with Crippen LogP contribution in [0, 0.1) is 24.0 Å². The van der Waals surface area contributed by atoms with Gasteiger partial charge in [-0.25, -0.2) is 0 Å². The summed E-state index contributed by atoms with van der Waals surface area (Å²) in [4.78, 5) is 28.1. The molecular weight excluding hydrogens is 378 g/mol. The molecule has 28 heavy (non-hydrogen) atoms. The van der Waals surface area contributed by atoms with Gasteiger partial charge in [-0.15, -0.1) is 0 Å². The minimum Gasteiger partial charge on any atom is -0.380 e. The van der Waals surface area contributed by atoms with E-state index in [1.54, 1.807) is 6.07 Å². The molecule has 0 atom stereocenters. The van der Waals surface area contributed by atoms with E-state index in [-0.39, 0.29) is 11.3 Å². The van der Waals surface area contributed by atoms with Gasteiger partial charge in [0.15, 0.2) is 4.80 Å². The number of ether oxygens (including phenoxy) is 1. The zero-order valence-corrected chi connectivity index (χ0v) is 16.8. The number of carbonyl (C=O) groups excluding carboxylic acids is 1. The van der Waals surface area contributed by atoms with Crippen LogP contribution in [-0.2, 0) is 11.3 Å². The van der Waals surface area contributed by atoms with Crippen molar-refractivity contribution in [3.63, 3.8) is 0 Å². The van der Waals surface area contributed by atoms with Crippen LogP contribution in [0.3, 0.4) is 0 Å². The molecule has 1 amide bonds. The average Bonchev–Trinajstić information content (AvgIpc) is 2.98. The number of aryl methyl sites for hydroxylation is 2. The molecule has 146 valence electrons. The zero-order chi connectivity index (χ0) is 20.3. The monoisotopic (exact) mass is 399 g/mol. The molecule has 0 aliphatic rings. The van der Waals surface area contributed by atoms with Crippen molar-refractivity contribution in [2.75, 3.05) is 13.2 Å². The van der Waals surface area contributed by atoms with Crippen molar-refractivity contribution >= 4 is 33.1 Å². The molecule has 0 unspecified atom stereocenters. The van der Waals surface area contributed by atoms with E-state index in [1.807, 2.05) is 25.3 Å². The van der Waals surface area contributed by atoms with Gasteiger partial charge in [-0.05, 0) is 50.1 Å². The molecule has 0 aliphatic heterocycles. The summed E-state index contributed by atoms with van der Waals surface area (Å²) in [6.07, 6.45) is 0. The third-order valence-corrected chi connectivity index (χ3v) is 5.53. The van der Waals surface area contributed by atoms with E-state index in [1.165, 1.54) is 29.5 Å². The zero-order valence-electron chi connectivity index (χ0n) is 16.0. The predicted molar refractivity (Wildman–Crippen MR) is 109 cm³/mol. The molecule has 0 saturated carbocycles. The Morgan fingerprint density at radius 3 is 2.68 bits per heavy atom. The maximum absolute atomic E-state index is 12.7. The molecule has 0 fully saturated rings. The Morgan fingerprint density at radius 1 is 1.25 bits per heavy atom. The summed E-state index contributed by atoms with van der Waals surface area (Å²) < 4.78 is 8.42. The summed E-state index contributed by atoms with van der Waals surface area (Å²) in [5, 5.41) is 11.2. The standard InChI is InChI=1S/C20H21N3O4S/c1-4-27-10-9-22-17-11-13(2)14(3)12-18(17)28-20(22)21-19(24)15-7-5-6-8-16(15)23(25)26/h5-8,11-12H,4,9-10H2,1-3H3. The van der Waals surface area contributed by atoms with Crippen molar-refractivity contribution in [2.45, 2.75) is 27.3 Å². The number of hydrogen-bond acceptors (Lipinski definition) is 5. The van der Waals surface area contributed by atoms with Gasteiger partial charge in [-0.2, -0.15) is 4.99 Å². The van der Waals surface area contributed by atoms with Gasteiger partial charge in [0.1, 0.15) is 5.56 Å². The first-order valence-electron chi connectivity index (χ1n) is 8.93. The fourth-order valence-electron chi connectivity index (χ4n) is 2.88. The van der Waals surface area contributed by atoms with E-state index in [9.17, 15) is 14.9 Å². The van der Waals surface area contributed by atoms with Crippen LogP contribution in [0.4, 0.5) is 5.69 Å². The topological polar surface area (TPSA) is 86.7 Å². The smallest absolute Gasteiger partial charge is 0.286 e. The van der Waals surface area contributed by atoms with Gasteiger partial charge in [-0.3, -0.25) is 14.9 Å². The summed E-state index contributed by atoms with van der Waals surface area (Å²) in [6.45, 7) is 7.63. The number of aromatic nitrogens is 1. The number of nitro groups is 1. The minimum atomic E-state index is -0.627. The summed E-state index contributed by atoms with van der Waals surface area (Å²) >= 11 is 1.39. The Balaban J connectivity index is 2.14. The Bertz CT molecular complexity index is 1110. The quantitative estimate of drug-likeness (QED) is 0.356. The maximum atomic E-state index is 12.7. The van der Waals surface area contributed by atoms with Crippen LogP contribution < -0.4 is 4.80 Å². The first kappa shape index (κ1) is 19.9. The van der Waals surface area contributed by atoms with Crippen molar-refractivity contribution in [3.8, 4) is 0 Å². The predicted octanol–water partition coefficient (Wildman–Crippen LogP) is 4.01. The van der Waals surface area contributed by atoms with Crippen molar-refractivity contribution in [1.29, 1.82) is 0 Å². The number of amides is 1. The second kappa shape index (κ2) is 8.45. The lowest BCUT2D eigenvalue weighted by molar-refractivity contribution is -0.385. The Kier molecular flexibility index (Phi) is 6.01. The number of carbonyl (C=O) groups is 1. The Morgan fingerprint density at radius 2 is 1.96 bits per heavy atom. The third-order valence-electron chi connectivity index (χ3n) is 4.49. The highest BCUT2D eigenvalue weighted by atomic mass is 32.1. The number of para-hydroxylation sites is 1. The lowest BCUT2D eigenvalue weighted by atomic mass is 10.1. The number of nitro benzene ring substituents is 1. The normalized spacial score (nSPS) is 11.9. The first-order chi connectivity index (χ1) is 13.4.